The van der Waals surface area contributed by atoms with Gasteiger partial charge in [0.25, 0.3) is 0 Å². The van der Waals surface area contributed by atoms with Gasteiger partial charge in [0, 0.05) is 26.1 Å². The zero-order valence-corrected chi connectivity index (χ0v) is 14.4. The van der Waals surface area contributed by atoms with Crippen molar-refractivity contribution in [1.82, 2.24) is 10.2 Å². The van der Waals surface area contributed by atoms with Crippen molar-refractivity contribution in [1.29, 1.82) is 0 Å². The van der Waals surface area contributed by atoms with Crippen molar-refractivity contribution < 1.29 is 9.90 Å². The number of hydrogen-bond donors (Lipinski definition) is 2. The summed E-state index contributed by atoms with van der Waals surface area (Å²) in [4.78, 5) is 13.5. The molecule has 0 spiro atoms. The van der Waals surface area contributed by atoms with E-state index >= 15 is 0 Å². The summed E-state index contributed by atoms with van der Waals surface area (Å²) in [5.74, 6) is 0.184. The molecule has 19 heavy (non-hydrogen) atoms. The van der Waals surface area contributed by atoms with Crippen molar-refractivity contribution in [3.05, 3.63) is 26.6 Å². The average Bonchev–Trinajstić information content (AvgIpc) is 2.34. The molecule has 0 radical (unpaired) electrons. The highest BCUT2D eigenvalue weighted by molar-refractivity contribution is 9.11. The molecule has 1 aromatic rings. The van der Waals surface area contributed by atoms with E-state index in [9.17, 15) is 9.90 Å². The quantitative estimate of drug-likeness (QED) is 0.808. The van der Waals surface area contributed by atoms with Crippen LogP contribution in [-0.4, -0.2) is 36.6 Å². The fourth-order valence-electron chi connectivity index (χ4n) is 1.88. The zero-order chi connectivity index (χ0) is 14.6. The van der Waals surface area contributed by atoms with Crippen molar-refractivity contribution in [3.8, 4) is 5.75 Å². The van der Waals surface area contributed by atoms with Crippen molar-refractivity contribution in [2.75, 3.05) is 20.6 Å². The minimum atomic E-state index is -0.0565. The van der Waals surface area contributed by atoms with Crippen LogP contribution in [0.1, 0.15) is 12.5 Å². The van der Waals surface area contributed by atoms with Crippen LogP contribution in [0.15, 0.2) is 21.1 Å². The number of phenols is 1. The Morgan fingerprint density at radius 2 is 1.95 bits per heavy atom. The zero-order valence-electron chi connectivity index (χ0n) is 11.2. The predicted octanol–water partition coefficient (Wildman–Crippen LogP) is 2.73. The molecule has 2 N–H and O–H groups in total. The van der Waals surface area contributed by atoms with E-state index in [1.807, 2.05) is 26.1 Å². The van der Waals surface area contributed by atoms with Crippen LogP contribution in [0, 0.1) is 5.92 Å². The summed E-state index contributed by atoms with van der Waals surface area (Å²) >= 11 is 6.62. The van der Waals surface area contributed by atoms with Crippen LogP contribution in [0.3, 0.4) is 0 Å². The first-order valence-electron chi connectivity index (χ1n) is 5.92. The van der Waals surface area contributed by atoms with E-state index in [0.717, 1.165) is 5.56 Å². The van der Waals surface area contributed by atoms with Crippen LogP contribution < -0.4 is 5.32 Å². The van der Waals surface area contributed by atoms with Gasteiger partial charge in [-0.15, -0.1) is 0 Å². The Balaban J connectivity index is 2.67. The Morgan fingerprint density at radius 3 is 2.42 bits per heavy atom. The van der Waals surface area contributed by atoms with Crippen molar-refractivity contribution in [2.45, 2.75) is 13.5 Å². The molecule has 0 bridgehead atoms. The number of nitrogens with zero attached hydrogens (tertiary/aromatic N) is 1. The second-order valence-corrected chi connectivity index (χ2v) is 6.33. The minimum absolute atomic E-state index is 0.0416. The number of aromatic hydroxyl groups is 1. The molecule has 1 atom stereocenters. The van der Waals surface area contributed by atoms with E-state index in [1.165, 1.54) is 0 Å². The summed E-state index contributed by atoms with van der Waals surface area (Å²) in [6.45, 7) is 3.28. The first kappa shape index (κ1) is 16.5. The topological polar surface area (TPSA) is 52.6 Å². The molecule has 1 amide bonds. The van der Waals surface area contributed by atoms with Gasteiger partial charge < -0.3 is 15.3 Å². The van der Waals surface area contributed by atoms with Gasteiger partial charge in [0.1, 0.15) is 5.75 Å². The van der Waals surface area contributed by atoms with Crippen LogP contribution in [-0.2, 0) is 11.3 Å². The van der Waals surface area contributed by atoms with E-state index in [-0.39, 0.29) is 17.6 Å². The molecule has 1 aromatic carbocycles. The number of amides is 1. The van der Waals surface area contributed by atoms with Gasteiger partial charge in [-0.25, -0.2) is 0 Å². The van der Waals surface area contributed by atoms with Gasteiger partial charge in [-0.2, -0.15) is 0 Å². The third-order valence-corrected chi connectivity index (χ3v) is 4.02. The Labute approximate surface area is 130 Å². The summed E-state index contributed by atoms with van der Waals surface area (Å²) in [6, 6.07) is 3.75. The lowest BCUT2D eigenvalue weighted by Gasteiger charge is -2.20. The maximum absolute atomic E-state index is 11.5. The van der Waals surface area contributed by atoms with E-state index in [1.54, 1.807) is 7.05 Å². The Kier molecular flexibility index (Phi) is 6.29. The fraction of sp³-hybridized carbons (Fsp3) is 0.462. The highest BCUT2D eigenvalue weighted by atomic mass is 79.9. The third kappa shape index (κ3) is 4.78. The van der Waals surface area contributed by atoms with E-state index in [0.29, 0.717) is 22.0 Å². The van der Waals surface area contributed by atoms with Gasteiger partial charge in [0.2, 0.25) is 5.91 Å². The second kappa shape index (κ2) is 7.26. The maximum atomic E-state index is 11.5. The lowest BCUT2D eigenvalue weighted by atomic mass is 10.1. The normalized spacial score (nSPS) is 12.5. The molecule has 1 unspecified atom stereocenters. The van der Waals surface area contributed by atoms with Crippen molar-refractivity contribution >= 4 is 37.8 Å². The molecular formula is C13H18Br2N2O2. The maximum Gasteiger partial charge on any atom is 0.223 e. The Hall–Kier alpha value is -0.590. The van der Waals surface area contributed by atoms with E-state index < -0.39 is 0 Å². The highest BCUT2D eigenvalue weighted by Crippen LogP contribution is 2.33. The molecule has 1 rings (SSSR count). The van der Waals surface area contributed by atoms with Crippen LogP contribution in [0.4, 0.5) is 0 Å². The summed E-state index contributed by atoms with van der Waals surface area (Å²) < 4.78 is 1.31. The largest absolute Gasteiger partial charge is 0.506 e. The smallest absolute Gasteiger partial charge is 0.223 e. The number of rotatable bonds is 5. The highest BCUT2D eigenvalue weighted by Gasteiger charge is 2.14. The summed E-state index contributed by atoms with van der Waals surface area (Å²) in [5, 5.41) is 12.3. The number of phenolic OH excluding ortho intramolecular Hbond substituents is 1. The number of nitrogens with one attached hydrogen (secondary N) is 1. The molecule has 0 saturated carbocycles. The van der Waals surface area contributed by atoms with Gasteiger partial charge >= 0.3 is 0 Å². The number of halogens is 2. The van der Waals surface area contributed by atoms with Gasteiger partial charge in [0.05, 0.1) is 8.95 Å². The molecule has 4 nitrogen and oxygen atoms in total. The van der Waals surface area contributed by atoms with Gasteiger partial charge in [0.15, 0.2) is 0 Å². The molecule has 0 aliphatic carbocycles. The SMILES string of the molecule is CNC(=O)C(C)CN(C)Cc1cc(Br)c(O)c(Br)c1. The molecule has 0 saturated heterocycles. The number of carbonyl (C=O) groups is 1. The van der Waals surface area contributed by atoms with Crippen LogP contribution in [0.25, 0.3) is 0 Å². The molecule has 0 heterocycles. The molecule has 106 valence electrons. The first-order valence-corrected chi connectivity index (χ1v) is 7.50. The summed E-state index contributed by atoms with van der Waals surface area (Å²) in [7, 11) is 3.61. The van der Waals surface area contributed by atoms with Crippen LogP contribution >= 0.6 is 31.9 Å². The lowest BCUT2D eigenvalue weighted by Crippen LogP contribution is -2.34. The van der Waals surface area contributed by atoms with Crippen molar-refractivity contribution in [2.24, 2.45) is 5.92 Å². The Morgan fingerprint density at radius 1 is 1.42 bits per heavy atom. The van der Waals surface area contributed by atoms with Gasteiger partial charge in [-0.3, -0.25) is 4.79 Å². The monoisotopic (exact) mass is 392 g/mol. The molecule has 0 aromatic heterocycles. The number of hydrogen-bond acceptors (Lipinski definition) is 3. The molecule has 6 heteroatoms. The molecular weight excluding hydrogens is 376 g/mol. The molecule has 0 aliphatic heterocycles. The molecule has 0 fully saturated rings. The Bertz CT molecular complexity index is 443. The fourth-order valence-corrected chi connectivity index (χ4v) is 3.16. The van der Waals surface area contributed by atoms with Crippen LogP contribution in [0.2, 0.25) is 0 Å². The van der Waals surface area contributed by atoms with Crippen molar-refractivity contribution in [3.63, 3.8) is 0 Å². The number of carbonyl (C=O) groups excluding carboxylic acids is 1. The minimum Gasteiger partial charge on any atom is -0.506 e. The van der Waals surface area contributed by atoms with E-state index in [2.05, 4.69) is 42.1 Å². The average molecular weight is 394 g/mol. The second-order valence-electron chi connectivity index (χ2n) is 4.62. The number of benzene rings is 1. The molecule has 0 aliphatic rings. The predicted molar refractivity (Wildman–Crippen MR) is 83.1 cm³/mol. The standard InChI is InChI=1S/C13H18Br2N2O2/c1-8(13(19)16-2)6-17(3)7-9-4-10(14)12(18)11(15)5-9/h4-5,8,18H,6-7H2,1-3H3,(H,16,19). The van der Waals surface area contributed by atoms with Gasteiger partial charge in [-0.1, -0.05) is 6.92 Å². The van der Waals surface area contributed by atoms with E-state index in [4.69, 9.17) is 0 Å². The van der Waals surface area contributed by atoms with Gasteiger partial charge in [-0.05, 0) is 56.6 Å². The first-order chi connectivity index (χ1) is 8.85. The third-order valence-electron chi connectivity index (χ3n) is 2.81. The summed E-state index contributed by atoms with van der Waals surface area (Å²) in [6.07, 6.45) is 0. The summed E-state index contributed by atoms with van der Waals surface area (Å²) in [5.41, 5.74) is 1.06. The van der Waals surface area contributed by atoms with Crippen LogP contribution in [0.5, 0.6) is 5.75 Å². The lowest BCUT2D eigenvalue weighted by molar-refractivity contribution is -0.124.